The summed E-state index contributed by atoms with van der Waals surface area (Å²) < 4.78 is 20.8. The third-order valence-electron chi connectivity index (χ3n) is 30.4. The molecule has 37 nitrogen and oxygen atoms in total. The lowest BCUT2D eigenvalue weighted by Gasteiger charge is -2.39. The number of benzene rings is 1. The number of nitrogens with zero attached hydrogens (tertiary/aromatic N) is 3. The number of nitrogens with one attached hydrogen (secondary N) is 9. The third kappa shape index (κ3) is 26.9. The summed E-state index contributed by atoms with van der Waals surface area (Å²) in [5.41, 5.74) is 14.6. The number of urea groups is 3. The summed E-state index contributed by atoms with van der Waals surface area (Å²) in [6.07, 6.45) is 13.6. The molecule has 3 aliphatic heterocycles. The smallest absolute Gasteiger partial charge is 0.332 e. The van der Waals surface area contributed by atoms with E-state index in [9.17, 15) is 86.3 Å². The van der Waals surface area contributed by atoms with Gasteiger partial charge < -0.3 is 98.4 Å². The molecule has 15 N–H and O–H groups in total. The van der Waals surface area contributed by atoms with Crippen molar-refractivity contribution < 1.29 is 105 Å². The number of carbonyl (C=O) groups is 18. The Bertz CT molecular complexity index is 5300. The van der Waals surface area contributed by atoms with Crippen molar-refractivity contribution in [2.45, 2.75) is 336 Å². The van der Waals surface area contributed by atoms with Crippen LogP contribution in [0.2, 0.25) is 0 Å². The number of nitrogens with two attached hydrogens (primary N) is 3. The van der Waals surface area contributed by atoms with Crippen LogP contribution in [-0.2, 0) is 112 Å². The van der Waals surface area contributed by atoms with Crippen molar-refractivity contribution in [3.05, 3.63) is 81.9 Å². The maximum absolute atomic E-state index is 14.3. The van der Waals surface area contributed by atoms with E-state index < -0.39 is 216 Å². The maximum Gasteiger partial charge on any atom is 0.332 e. The number of alkyl halides is 2. The van der Waals surface area contributed by atoms with Crippen LogP contribution in [0, 0.1) is 91.2 Å². The fourth-order valence-corrected chi connectivity index (χ4v) is 22.8. The highest BCUT2D eigenvalue weighted by Gasteiger charge is 2.75. The van der Waals surface area contributed by atoms with Crippen LogP contribution in [0.4, 0.5) is 14.4 Å². The molecule has 2 aromatic heterocycles. The Balaban J connectivity index is 0.000000191. The molecule has 10 fully saturated rings. The molecule has 8 aliphatic carbocycles. The Hall–Kier alpha value is -10.8. The van der Waals surface area contributed by atoms with E-state index in [1.54, 1.807) is 47.6 Å². The summed E-state index contributed by atoms with van der Waals surface area (Å²) in [4.78, 5) is 243. The van der Waals surface area contributed by atoms with Crippen molar-refractivity contribution in [1.29, 1.82) is 0 Å². The highest BCUT2D eigenvalue weighted by molar-refractivity contribution is 7.08. The van der Waals surface area contributed by atoms with Crippen LogP contribution in [0.1, 0.15) is 250 Å². The standard InChI is InChI=1S/C35H47Cl2N5O7.C34H49N5O8.C34H51N5O7S/c1-33(2,3)26(40-32(48)41-27(34(4,5)6)31(47)49-20-14-18-9-7-8-10-19(18)15-20)30(46)42-16-21-23(35(21,36)37)24(42)29(45)39-22(13-17-11-12-17)25(43)28(38)44;1-32(2,3)26(37-31(45)38-34(12-7-6-8-13-34)30(44)47-18-20-11-14-46-17-20)29(43)39-16-21-23(33(21,4)5)24(39)28(42)36-22(15-19-9-10-19)25(40)27(35)41;1-32(2,3)14-22(30(44)46-16-19-11-12-47-17-19)37-31(45)38-26(33(4,5)6)29(43)39-15-20-23(34(20,7)8)24(39)28(42)36-21(13-18-9-10-18)25(40)27(35)41/h7-10,17,20-24,26-27H,11-16H2,1-6H3,(H2,38,44)(H,39,45)(H2,40,41,48);11,14,17,19,21-24,26H,6-10,12-13,15-16,18H2,1-5H3,(H2,35,41)(H,36,42)(H2,37,38,45);11-12,17-18,20-24,26H,9-10,13-16H2,1-8H3,(H2,35,41)(H,36,42)(H2,37,38,45)/t21-,22?,23-,24-,26-,27-;21-,22?,23-,24-,26+;20-,21?,22-,23-,24-,26+/m000/s1. The molecule has 15 amide bonds. The van der Waals surface area contributed by atoms with Gasteiger partial charge in [0, 0.05) is 55.4 Å². The van der Waals surface area contributed by atoms with Crippen LogP contribution in [0.3, 0.4) is 0 Å². The average molecular weight is 2050 g/mol. The molecule has 143 heavy (non-hydrogen) atoms. The van der Waals surface area contributed by atoms with Crippen molar-refractivity contribution in [3.63, 3.8) is 0 Å². The Labute approximate surface area is 850 Å². The second-order valence-electron chi connectivity index (χ2n) is 48.1. The van der Waals surface area contributed by atoms with Crippen molar-refractivity contribution in [1.82, 2.24) is 62.6 Å². The van der Waals surface area contributed by atoms with E-state index in [0.29, 0.717) is 63.6 Å². The summed E-state index contributed by atoms with van der Waals surface area (Å²) in [6, 6.07) is -2.10. The minimum atomic E-state index is -1.26. The van der Waals surface area contributed by atoms with Crippen LogP contribution >= 0.6 is 34.5 Å². The molecule has 1 aromatic carbocycles. The molecule has 0 radical (unpaired) electrons. The van der Waals surface area contributed by atoms with Crippen LogP contribution in [0.5, 0.6) is 0 Å². The lowest BCUT2D eigenvalue weighted by molar-refractivity contribution is -0.154. The van der Waals surface area contributed by atoms with Gasteiger partial charge in [-0.25, -0.2) is 28.8 Å². The zero-order chi connectivity index (χ0) is 106. The first kappa shape index (κ1) is 111. The molecule has 3 aromatic rings. The van der Waals surface area contributed by atoms with E-state index in [4.69, 9.17) is 59.0 Å². The molecule has 5 heterocycles. The molecular formula is C103H147Cl2N15O22S. The largest absolute Gasteiger partial charge is 0.472 e. The lowest BCUT2D eigenvalue weighted by atomic mass is 9.81. The van der Waals surface area contributed by atoms with E-state index in [1.165, 1.54) is 38.6 Å². The van der Waals surface area contributed by atoms with Gasteiger partial charge in [0.25, 0.3) is 17.7 Å². The third-order valence-corrected chi connectivity index (χ3v) is 32.2. The number of piperidine rings is 3. The number of ether oxygens (including phenoxy) is 3. The molecule has 786 valence electrons. The minimum absolute atomic E-state index is 0.00707. The number of furan rings is 1. The first-order valence-corrected chi connectivity index (χ1v) is 51.7. The fourth-order valence-electron chi connectivity index (χ4n) is 21.4. The molecule has 11 aliphatic rings. The number of amides is 15. The van der Waals surface area contributed by atoms with Crippen LogP contribution < -0.4 is 65.1 Å². The van der Waals surface area contributed by atoms with Crippen molar-refractivity contribution in [2.75, 3.05) is 19.6 Å². The molecule has 40 heteroatoms. The number of primary amides is 3. The van der Waals surface area contributed by atoms with Gasteiger partial charge in [0.05, 0.1) is 30.7 Å². The normalized spacial score (nSPS) is 24.5. The zero-order valence-corrected chi connectivity index (χ0v) is 88.0. The van der Waals surface area contributed by atoms with Crippen LogP contribution in [0.25, 0.3) is 0 Å². The summed E-state index contributed by atoms with van der Waals surface area (Å²) in [5, 5.41) is 28.7. The van der Waals surface area contributed by atoms with Gasteiger partial charge in [-0.15, -0.1) is 23.2 Å². The number of rotatable bonds is 36. The number of thiophene rings is 1. The van der Waals surface area contributed by atoms with Gasteiger partial charge in [0.2, 0.25) is 52.8 Å². The Morgan fingerprint density at radius 3 is 1.21 bits per heavy atom. The van der Waals surface area contributed by atoms with Gasteiger partial charge in [-0.3, -0.25) is 57.5 Å². The molecule has 7 saturated carbocycles. The predicted molar refractivity (Wildman–Crippen MR) is 528 cm³/mol. The molecule has 0 spiro atoms. The summed E-state index contributed by atoms with van der Waals surface area (Å²) in [7, 11) is 0. The fraction of sp³-hybridized carbons (Fsp3) is 0.689. The van der Waals surface area contributed by atoms with E-state index >= 15 is 0 Å². The highest BCUT2D eigenvalue weighted by Crippen LogP contribution is 2.68. The number of hydrogen-bond acceptors (Lipinski definition) is 23. The first-order valence-electron chi connectivity index (χ1n) is 50.0. The second kappa shape index (κ2) is 43.1. The number of Topliss-reactive ketones (excluding diaryl/α,β-unsaturated/α-hetero) is 3. The van der Waals surface area contributed by atoms with Crippen molar-refractivity contribution >= 4 is 141 Å². The number of carbonyl (C=O) groups excluding carboxylic acids is 18. The highest BCUT2D eigenvalue weighted by atomic mass is 35.5. The number of likely N-dealkylation sites (tertiary alicyclic amines) is 3. The SMILES string of the molecule is CC(C)(C)C[C@H](NC(=O)N[C@H](C(=O)N1C[C@H]2[C@@H]([C@H]1C(=O)NC(CC1CC1)C(=O)C(N)=O)C2(C)C)C(C)(C)C)C(=O)OCc1ccsc1.CC(C)(C)[C@@H](NC(=O)N[C@@H](C(=O)N1C[C@H]2[C@@H]([C@H]1C(=O)NC(CC1CC1)C(=O)C(N)=O)C2(Cl)Cl)C(C)(C)C)C(=O)OC1Cc2ccccc2C1.CC(C)(C)[C@H](NC(=O)NC1(C(=O)OCc2ccoc2)CCCCC1)C(=O)N1C[C@H]2[C@@H]([C@H]1C(=O)NC(CC1CC1)C(=O)C(N)=O)C2(C)C. The monoisotopic (exact) mass is 2050 g/mol. The topological polar surface area (TPSA) is 544 Å². The zero-order valence-electron chi connectivity index (χ0n) is 85.7. The summed E-state index contributed by atoms with van der Waals surface area (Å²) in [5.74, 6) is -11.4. The number of hydrogen-bond donors (Lipinski definition) is 12. The Morgan fingerprint density at radius 1 is 0.455 bits per heavy atom. The first-order chi connectivity index (χ1) is 66.4. The summed E-state index contributed by atoms with van der Waals surface area (Å²) >= 11 is 14.5. The Morgan fingerprint density at radius 2 is 0.839 bits per heavy atom. The van der Waals surface area contributed by atoms with Gasteiger partial charge in [-0.1, -0.05) is 214 Å². The predicted octanol–water partition coefficient (Wildman–Crippen LogP) is 8.49. The lowest BCUT2D eigenvalue weighted by Crippen LogP contribution is -2.64. The van der Waals surface area contributed by atoms with Crippen molar-refractivity contribution in [3.8, 4) is 0 Å². The quantitative estimate of drug-likeness (QED) is 0.0112. The Kier molecular flexibility index (Phi) is 33.5. The van der Waals surface area contributed by atoms with Gasteiger partial charge in [-0.2, -0.15) is 11.3 Å². The molecular weight excluding hydrogens is 1900 g/mol. The van der Waals surface area contributed by atoms with Gasteiger partial charge in [0.15, 0.2) is 0 Å². The van der Waals surface area contributed by atoms with Crippen LogP contribution in [0.15, 0.2) is 64.1 Å². The molecule has 3 unspecified atom stereocenters. The molecule has 17 atom stereocenters. The van der Waals surface area contributed by atoms with E-state index in [2.05, 4.69) is 47.9 Å². The number of fused-ring (bicyclic) bond motifs is 4. The number of ketones is 3. The maximum atomic E-state index is 14.3. The van der Waals surface area contributed by atoms with Gasteiger partial charge in [-0.05, 0) is 152 Å². The number of esters is 3. The molecule has 14 rings (SSSR count). The molecule has 3 saturated heterocycles. The van der Waals surface area contributed by atoms with Gasteiger partial charge in [0.1, 0.15) is 77.5 Å². The minimum Gasteiger partial charge on any atom is -0.472 e. The summed E-state index contributed by atoms with van der Waals surface area (Å²) in [6.45, 7) is 36.4. The second-order valence-corrected chi connectivity index (χ2v) is 50.3. The van der Waals surface area contributed by atoms with Gasteiger partial charge >= 0.3 is 36.0 Å². The van der Waals surface area contributed by atoms with E-state index in [0.717, 1.165) is 74.5 Å². The van der Waals surface area contributed by atoms with E-state index in [1.807, 2.05) is 131 Å². The average Bonchev–Trinajstić information content (AvgIpc) is 1.53. The number of halogens is 2. The molecule has 0 bridgehead atoms. The van der Waals surface area contributed by atoms with Crippen molar-refractivity contribution in [2.24, 2.45) is 108 Å². The van der Waals surface area contributed by atoms with E-state index in [-0.39, 0.29) is 90.0 Å². The van der Waals surface area contributed by atoms with Crippen LogP contribution in [-0.4, -0.2) is 223 Å².